The van der Waals surface area contributed by atoms with E-state index >= 15 is 0 Å². The Hall–Kier alpha value is -0.549. The Morgan fingerprint density at radius 2 is 1.74 bits per heavy atom. The summed E-state index contributed by atoms with van der Waals surface area (Å²) in [5, 5.41) is 2.24. The summed E-state index contributed by atoms with van der Waals surface area (Å²) in [6, 6.07) is 2.40. The van der Waals surface area contributed by atoms with Gasteiger partial charge in [0, 0.05) is 0 Å². The summed E-state index contributed by atoms with van der Waals surface area (Å²) < 4.78 is 47.7. The summed E-state index contributed by atoms with van der Waals surface area (Å²) >= 11 is 0. The summed E-state index contributed by atoms with van der Waals surface area (Å²) in [6.45, 7) is -0.390. The SMILES string of the molecule is COC(=O)c1cc([B-](F)(F)F)ccc1NC(=O)OC(C)(C)C.[K+]. The van der Waals surface area contributed by atoms with Crippen molar-refractivity contribution in [1.29, 1.82) is 0 Å². The maximum absolute atomic E-state index is 12.8. The molecule has 0 saturated heterocycles. The number of ether oxygens (including phenoxy) is 2. The zero-order valence-corrected chi connectivity index (χ0v) is 16.7. The number of hydrogen-bond acceptors (Lipinski definition) is 4. The molecule has 0 aliphatic heterocycles. The predicted molar refractivity (Wildman–Crippen MR) is 76.4 cm³/mol. The molecule has 0 heterocycles. The molecule has 0 radical (unpaired) electrons. The fourth-order valence-corrected chi connectivity index (χ4v) is 1.57. The molecule has 1 aromatic rings. The van der Waals surface area contributed by atoms with E-state index in [1.807, 2.05) is 0 Å². The van der Waals surface area contributed by atoms with Gasteiger partial charge in [-0.15, -0.1) is 5.46 Å². The number of anilines is 1. The smallest absolute Gasteiger partial charge is 0.465 e. The van der Waals surface area contributed by atoms with Crippen LogP contribution in [0.5, 0.6) is 0 Å². The number of carbonyl (C=O) groups excluding carboxylic acids is 2. The van der Waals surface area contributed by atoms with Crippen molar-refractivity contribution in [2.75, 3.05) is 12.4 Å². The first kappa shape index (κ1) is 22.5. The summed E-state index contributed by atoms with van der Waals surface area (Å²) in [4.78, 5) is 23.3. The molecule has 0 spiro atoms. The Labute approximate surface area is 174 Å². The van der Waals surface area contributed by atoms with E-state index in [9.17, 15) is 22.5 Å². The second kappa shape index (κ2) is 8.52. The molecule has 0 unspecified atom stereocenters. The predicted octanol–water partition coefficient (Wildman–Crippen LogP) is -0.121. The largest absolute Gasteiger partial charge is 1.00 e. The Balaban J connectivity index is 0.00000484. The van der Waals surface area contributed by atoms with Gasteiger partial charge in [-0.25, -0.2) is 9.59 Å². The van der Waals surface area contributed by atoms with Crippen molar-refractivity contribution in [3.05, 3.63) is 23.8 Å². The number of benzene rings is 1. The Morgan fingerprint density at radius 3 is 2.17 bits per heavy atom. The van der Waals surface area contributed by atoms with Crippen LogP contribution in [0.15, 0.2) is 18.2 Å². The summed E-state index contributed by atoms with van der Waals surface area (Å²) in [7, 11) is 1.03. The molecular formula is C13H16BF3KNO4. The van der Waals surface area contributed by atoms with Gasteiger partial charge in [0.25, 0.3) is 0 Å². The van der Waals surface area contributed by atoms with Gasteiger partial charge in [0.05, 0.1) is 18.4 Å². The van der Waals surface area contributed by atoms with Crippen molar-refractivity contribution < 1.29 is 83.4 Å². The van der Waals surface area contributed by atoms with E-state index in [4.69, 9.17) is 4.74 Å². The van der Waals surface area contributed by atoms with Gasteiger partial charge in [-0.2, -0.15) is 0 Å². The third kappa shape index (κ3) is 7.25. The van der Waals surface area contributed by atoms with E-state index in [1.165, 1.54) is 0 Å². The van der Waals surface area contributed by atoms with Crippen molar-refractivity contribution >= 4 is 30.2 Å². The van der Waals surface area contributed by atoms with Crippen LogP contribution in [0, 0.1) is 0 Å². The van der Waals surface area contributed by atoms with E-state index in [2.05, 4.69) is 10.1 Å². The molecule has 0 fully saturated rings. The van der Waals surface area contributed by atoms with Crippen LogP contribution in [0.2, 0.25) is 0 Å². The minimum atomic E-state index is -5.27. The molecule has 122 valence electrons. The zero-order chi connectivity index (χ0) is 17.1. The number of rotatable bonds is 3. The maximum atomic E-state index is 12.8. The molecule has 0 bridgehead atoms. The first-order valence-corrected chi connectivity index (χ1v) is 6.36. The van der Waals surface area contributed by atoms with Crippen molar-refractivity contribution in [3.63, 3.8) is 0 Å². The van der Waals surface area contributed by atoms with Crippen LogP contribution >= 0.6 is 0 Å². The molecule has 0 atom stereocenters. The first-order valence-electron chi connectivity index (χ1n) is 6.36. The molecular weight excluding hydrogens is 341 g/mol. The average molecular weight is 357 g/mol. The first-order chi connectivity index (χ1) is 9.94. The van der Waals surface area contributed by atoms with Crippen molar-refractivity contribution in [2.45, 2.75) is 26.4 Å². The zero-order valence-electron chi connectivity index (χ0n) is 13.6. The van der Waals surface area contributed by atoms with Gasteiger partial charge in [0.1, 0.15) is 5.60 Å². The normalized spacial score (nSPS) is 11.3. The second-order valence-corrected chi connectivity index (χ2v) is 5.50. The number of halogens is 3. The number of amides is 1. The molecule has 10 heteroatoms. The molecule has 0 aliphatic carbocycles. The van der Waals surface area contributed by atoms with Gasteiger partial charge in [-0.1, -0.05) is 12.1 Å². The van der Waals surface area contributed by atoms with E-state index in [0.29, 0.717) is 6.07 Å². The van der Waals surface area contributed by atoms with Gasteiger partial charge in [0.2, 0.25) is 0 Å². The number of carbonyl (C=O) groups is 2. The van der Waals surface area contributed by atoms with Crippen molar-refractivity contribution in [1.82, 2.24) is 0 Å². The van der Waals surface area contributed by atoms with E-state index in [-0.39, 0.29) is 57.1 Å². The van der Waals surface area contributed by atoms with Crippen molar-refractivity contribution in [2.24, 2.45) is 0 Å². The Morgan fingerprint density at radius 1 is 1.17 bits per heavy atom. The molecule has 1 aromatic carbocycles. The third-order valence-electron chi connectivity index (χ3n) is 2.46. The summed E-state index contributed by atoms with van der Waals surface area (Å²) in [6.07, 6.45) is -0.886. The molecule has 5 nitrogen and oxygen atoms in total. The quantitative estimate of drug-likeness (QED) is 0.605. The van der Waals surface area contributed by atoms with Crippen LogP contribution in [0.25, 0.3) is 0 Å². The van der Waals surface area contributed by atoms with Crippen molar-refractivity contribution in [3.8, 4) is 0 Å². The van der Waals surface area contributed by atoms with E-state index < -0.39 is 35.7 Å². The molecule has 23 heavy (non-hydrogen) atoms. The van der Waals surface area contributed by atoms with Crippen LogP contribution in [0.4, 0.5) is 23.4 Å². The standard InChI is InChI=1S/C13H16BF3NO4.K/c1-13(2,3)22-12(20)18-10-6-5-8(14(15,16)17)7-9(10)11(19)21-4;/h5-7H,1-4H3,(H,18,20);/q-1;+1. The number of methoxy groups -OCH3 is 1. The summed E-state index contributed by atoms with van der Waals surface area (Å²) in [5.74, 6) is -0.993. The van der Waals surface area contributed by atoms with Gasteiger partial charge in [-0.3, -0.25) is 5.32 Å². The summed E-state index contributed by atoms with van der Waals surface area (Å²) in [5.41, 5.74) is -2.27. The van der Waals surface area contributed by atoms with Crippen LogP contribution in [0.3, 0.4) is 0 Å². The molecule has 0 saturated carbocycles. The van der Waals surface area contributed by atoms with Gasteiger partial charge in [-0.05, 0) is 26.8 Å². The maximum Gasteiger partial charge on any atom is 1.00 e. The number of nitrogens with one attached hydrogen (secondary N) is 1. The monoisotopic (exact) mass is 357 g/mol. The third-order valence-corrected chi connectivity index (χ3v) is 2.46. The fourth-order valence-electron chi connectivity index (χ4n) is 1.57. The van der Waals surface area contributed by atoms with E-state index in [0.717, 1.165) is 19.2 Å². The van der Waals surface area contributed by atoms with Crippen LogP contribution in [-0.2, 0) is 9.47 Å². The molecule has 0 aromatic heterocycles. The Kier molecular flexibility index (Phi) is 8.32. The minimum absolute atomic E-state index is 0. The van der Waals surface area contributed by atoms with Crippen LogP contribution in [0.1, 0.15) is 31.1 Å². The molecule has 0 aliphatic rings. The topological polar surface area (TPSA) is 64.6 Å². The second-order valence-electron chi connectivity index (χ2n) is 5.50. The molecule has 1 amide bonds. The van der Waals surface area contributed by atoms with E-state index in [1.54, 1.807) is 20.8 Å². The average Bonchev–Trinajstić information content (AvgIpc) is 2.34. The number of hydrogen-bond donors (Lipinski definition) is 1. The Bertz CT molecular complexity index is 588. The minimum Gasteiger partial charge on any atom is -0.465 e. The van der Waals surface area contributed by atoms with Gasteiger partial charge in [0.15, 0.2) is 0 Å². The van der Waals surface area contributed by atoms with Gasteiger partial charge < -0.3 is 22.4 Å². The molecule has 1 rings (SSSR count). The van der Waals surface area contributed by atoms with Crippen LogP contribution in [-0.4, -0.2) is 31.8 Å². The molecule has 1 N–H and O–H groups in total. The number of esters is 1. The van der Waals surface area contributed by atoms with Gasteiger partial charge >= 0.3 is 70.4 Å². The van der Waals surface area contributed by atoms with Crippen LogP contribution < -0.4 is 62.2 Å². The fraction of sp³-hybridized carbons (Fsp3) is 0.385.